The van der Waals surface area contributed by atoms with Gasteiger partial charge in [0.25, 0.3) is 0 Å². The smallest absolute Gasteiger partial charge is 0.0478 e. The molecule has 0 aliphatic heterocycles. The van der Waals surface area contributed by atoms with Crippen LogP contribution >= 0.6 is 0 Å². The van der Waals surface area contributed by atoms with Crippen LogP contribution in [0.15, 0.2) is 0 Å². The fourth-order valence-corrected chi connectivity index (χ4v) is 3.58. The molecule has 164 valence electrons. The number of nitrogens with zero attached hydrogens (tertiary/aromatic N) is 1. The summed E-state index contributed by atoms with van der Waals surface area (Å²) in [5, 5.41) is 0. The van der Waals surface area contributed by atoms with Gasteiger partial charge in [0.05, 0.1) is 0 Å². The van der Waals surface area contributed by atoms with Crippen LogP contribution in [0.5, 0.6) is 0 Å². The molecule has 0 heterocycles. The van der Waals surface area contributed by atoms with Crippen LogP contribution in [0.25, 0.3) is 0 Å². The summed E-state index contributed by atoms with van der Waals surface area (Å²) in [4.78, 5) is 2.62. The van der Waals surface area contributed by atoms with Gasteiger partial charge in [-0.05, 0) is 39.7 Å². The van der Waals surface area contributed by atoms with Gasteiger partial charge in [-0.1, -0.05) is 77.6 Å². The van der Waals surface area contributed by atoms with Crippen LogP contribution in [0, 0.1) is 0 Å². The number of rotatable bonds is 23. The van der Waals surface area contributed by atoms with Gasteiger partial charge in [-0.2, -0.15) is 0 Å². The molecule has 0 aliphatic rings. The van der Waals surface area contributed by atoms with Gasteiger partial charge in [0, 0.05) is 39.5 Å². The van der Waals surface area contributed by atoms with E-state index in [0.29, 0.717) is 0 Å². The van der Waals surface area contributed by atoms with Gasteiger partial charge < -0.3 is 14.4 Å². The molecule has 27 heavy (non-hydrogen) atoms. The van der Waals surface area contributed by atoms with E-state index in [0.717, 1.165) is 39.3 Å². The molecule has 0 aromatic rings. The van der Waals surface area contributed by atoms with E-state index in [9.17, 15) is 0 Å². The summed E-state index contributed by atoms with van der Waals surface area (Å²) in [7, 11) is 0. The van der Waals surface area contributed by atoms with Crippen molar-refractivity contribution in [3.8, 4) is 0 Å². The molecule has 0 amide bonds. The highest BCUT2D eigenvalue weighted by Crippen LogP contribution is 2.12. The molecule has 0 rings (SSSR count). The Labute approximate surface area is 171 Å². The second kappa shape index (κ2) is 23.9. The topological polar surface area (TPSA) is 21.7 Å². The fraction of sp³-hybridized carbons (Fsp3) is 1.00. The summed E-state index contributed by atoms with van der Waals surface area (Å²) >= 11 is 0. The Morgan fingerprint density at radius 3 is 1.22 bits per heavy atom. The predicted molar refractivity (Wildman–Crippen MR) is 120 cm³/mol. The summed E-state index contributed by atoms with van der Waals surface area (Å²) in [6.45, 7) is 13.5. The third kappa shape index (κ3) is 22.0. The minimum absolute atomic E-state index is 0.836. The Kier molecular flexibility index (Phi) is 23.8. The van der Waals surface area contributed by atoms with E-state index in [4.69, 9.17) is 9.47 Å². The van der Waals surface area contributed by atoms with Gasteiger partial charge in [-0.25, -0.2) is 0 Å². The lowest BCUT2D eigenvalue weighted by atomic mass is 10.1. The summed E-state index contributed by atoms with van der Waals surface area (Å²) in [5.41, 5.74) is 0. The quantitative estimate of drug-likeness (QED) is 0.180. The molecule has 0 radical (unpaired) electrons. The highest BCUT2D eigenvalue weighted by Gasteiger charge is 2.05. The third-order valence-electron chi connectivity index (χ3n) is 5.26. The average Bonchev–Trinajstić information content (AvgIpc) is 2.68. The van der Waals surface area contributed by atoms with Crippen LogP contribution < -0.4 is 0 Å². The minimum atomic E-state index is 0.836. The number of unbranched alkanes of at least 4 members (excludes halogenated alkanes) is 11. The second-order valence-corrected chi connectivity index (χ2v) is 7.83. The zero-order valence-corrected chi connectivity index (χ0v) is 19.1. The fourth-order valence-electron chi connectivity index (χ4n) is 3.58. The summed E-state index contributed by atoms with van der Waals surface area (Å²) in [5.74, 6) is 0. The molecule has 0 fully saturated rings. The Bertz CT molecular complexity index is 249. The van der Waals surface area contributed by atoms with Crippen LogP contribution in [0.2, 0.25) is 0 Å². The van der Waals surface area contributed by atoms with Crippen LogP contribution in [0.4, 0.5) is 0 Å². The van der Waals surface area contributed by atoms with Crippen LogP contribution in [0.1, 0.15) is 111 Å². The zero-order valence-electron chi connectivity index (χ0n) is 19.1. The Morgan fingerprint density at radius 1 is 0.444 bits per heavy atom. The molecule has 0 N–H and O–H groups in total. The lowest BCUT2D eigenvalue weighted by Gasteiger charge is -2.22. The SMILES string of the molecule is CCCCCCCCCCCCCCN(CCCOCC)CCCOCC. The second-order valence-electron chi connectivity index (χ2n) is 7.83. The summed E-state index contributed by atoms with van der Waals surface area (Å²) < 4.78 is 11.0. The first-order valence-corrected chi connectivity index (χ1v) is 12.2. The standard InChI is InChI=1S/C24H51NO2/c1-4-7-8-9-10-11-12-13-14-15-16-17-20-25(21-18-23-26-5-2)22-19-24-27-6-3/h4-24H2,1-3H3. The highest BCUT2D eigenvalue weighted by molar-refractivity contribution is 4.59. The highest BCUT2D eigenvalue weighted by atomic mass is 16.5. The molecule has 3 nitrogen and oxygen atoms in total. The molecule has 0 aliphatic carbocycles. The molecule has 0 atom stereocenters. The Morgan fingerprint density at radius 2 is 0.815 bits per heavy atom. The van der Waals surface area contributed by atoms with Crippen molar-refractivity contribution in [3.05, 3.63) is 0 Å². The van der Waals surface area contributed by atoms with Crippen molar-refractivity contribution in [2.75, 3.05) is 46.1 Å². The van der Waals surface area contributed by atoms with Gasteiger partial charge in [0.15, 0.2) is 0 Å². The van der Waals surface area contributed by atoms with E-state index in [1.807, 2.05) is 0 Å². The first-order valence-electron chi connectivity index (χ1n) is 12.2. The Hall–Kier alpha value is -0.120. The first kappa shape index (κ1) is 26.9. The molecule has 0 unspecified atom stereocenters. The first-order chi connectivity index (χ1) is 13.3. The van der Waals surface area contributed by atoms with Crippen molar-refractivity contribution >= 4 is 0 Å². The van der Waals surface area contributed by atoms with E-state index < -0.39 is 0 Å². The van der Waals surface area contributed by atoms with Crippen molar-refractivity contribution in [1.29, 1.82) is 0 Å². The largest absolute Gasteiger partial charge is 0.382 e. The normalized spacial score (nSPS) is 11.6. The Balaban J connectivity index is 3.54. The van der Waals surface area contributed by atoms with E-state index in [1.165, 1.54) is 96.7 Å². The van der Waals surface area contributed by atoms with Crippen molar-refractivity contribution in [2.45, 2.75) is 111 Å². The lowest BCUT2D eigenvalue weighted by molar-refractivity contribution is 0.117. The van der Waals surface area contributed by atoms with E-state index in [1.54, 1.807) is 0 Å². The summed E-state index contributed by atoms with van der Waals surface area (Å²) in [6.07, 6.45) is 19.4. The number of ether oxygens (including phenoxy) is 2. The molecule has 0 aromatic carbocycles. The molecule has 0 aromatic heterocycles. The van der Waals surface area contributed by atoms with Crippen LogP contribution in [0.3, 0.4) is 0 Å². The molecular formula is C24H51NO2. The predicted octanol–water partition coefficient (Wildman–Crippen LogP) is 6.84. The van der Waals surface area contributed by atoms with E-state index in [-0.39, 0.29) is 0 Å². The van der Waals surface area contributed by atoms with Crippen molar-refractivity contribution in [1.82, 2.24) is 4.90 Å². The molecular weight excluding hydrogens is 334 g/mol. The molecule has 0 bridgehead atoms. The molecule has 0 spiro atoms. The maximum atomic E-state index is 5.49. The molecule has 0 saturated carbocycles. The number of hydrogen-bond donors (Lipinski definition) is 0. The molecule has 3 heteroatoms. The third-order valence-corrected chi connectivity index (χ3v) is 5.26. The van der Waals surface area contributed by atoms with Gasteiger partial charge in [0.2, 0.25) is 0 Å². The van der Waals surface area contributed by atoms with Crippen LogP contribution in [-0.2, 0) is 9.47 Å². The number of hydrogen-bond acceptors (Lipinski definition) is 3. The van der Waals surface area contributed by atoms with Crippen LogP contribution in [-0.4, -0.2) is 51.0 Å². The molecule has 0 saturated heterocycles. The monoisotopic (exact) mass is 385 g/mol. The maximum absolute atomic E-state index is 5.49. The summed E-state index contributed by atoms with van der Waals surface area (Å²) in [6, 6.07) is 0. The maximum Gasteiger partial charge on any atom is 0.0478 e. The van der Waals surface area contributed by atoms with Crippen molar-refractivity contribution < 1.29 is 9.47 Å². The van der Waals surface area contributed by atoms with E-state index >= 15 is 0 Å². The minimum Gasteiger partial charge on any atom is -0.382 e. The lowest BCUT2D eigenvalue weighted by Crippen LogP contribution is -2.28. The zero-order chi connectivity index (χ0) is 19.8. The van der Waals surface area contributed by atoms with Gasteiger partial charge >= 0.3 is 0 Å². The van der Waals surface area contributed by atoms with Gasteiger partial charge in [-0.3, -0.25) is 0 Å². The van der Waals surface area contributed by atoms with Gasteiger partial charge in [-0.15, -0.1) is 0 Å². The van der Waals surface area contributed by atoms with Crippen molar-refractivity contribution in [2.24, 2.45) is 0 Å². The average molecular weight is 386 g/mol. The van der Waals surface area contributed by atoms with E-state index in [2.05, 4.69) is 25.7 Å². The van der Waals surface area contributed by atoms with Gasteiger partial charge in [0.1, 0.15) is 0 Å². The van der Waals surface area contributed by atoms with Crippen molar-refractivity contribution in [3.63, 3.8) is 0 Å².